The molecule has 1 aromatic carbocycles. The fourth-order valence-electron chi connectivity index (χ4n) is 4.29. The van der Waals surface area contributed by atoms with Crippen molar-refractivity contribution in [1.82, 2.24) is 4.31 Å². The SMILES string of the molecule is CCOC(=O)c1c(NC(=O)[C@H]2CCC(=O)N2S(=O)(=O)c2ccc(C)cc2)sc2c1CCCC2. The van der Waals surface area contributed by atoms with Gasteiger partial charge in [0.15, 0.2) is 0 Å². The minimum atomic E-state index is -4.19. The van der Waals surface area contributed by atoms with E-state index in [4.69, 9.17) is 4.74 Å². The highest BCUT2D eigenvalue weighted by Gasteiger charge is 2.44. The number of thiophene rings is 1. The highest BCUT2D eigenvalue weighted by Crippen LogP contribution is 2.39. The summed E-state index contributed by atoms with van der Waals surface area (Å²) in [6.45, 7) is 3.75. The van der Waals surface area contributed by atoms with Gasteiger partial charge >= 0.3 is 5.97 Å². The summed E-state index contributed by atoms with van der Waals surface area (Å²) < 4.78 is 32.3. The van der Waals surface area contributed by atoms with Crippen LogP contribution in [0.25, 0.3) is 0 Å². The average molecular weight is 491 g/mol. The zero-order valence-corrected chi connectivity index (χ0v) is 20.2. The van der Waals surface area contributed by atoms with Gasteiger partial charge in [0.1, 0.15) is 11.0 Å². The Morgan fingerprint density at radius 1 is 1.15 bits per heavy atom. The van der Waals surface area contributed by atoms with Crippen molar-refractivity contribution in [3.8, 4) is 0 Å². The summed E-state index contributed by atoms with van der Waals surface area (Å²) in [7, 11) is -4.19. The first-order chi connectivity index (χ1) is 15.7. The van der Waals surface area contributed by atoms with Crippen LogP contribution >= 0.6 is 11.3 Å². The molecule has 1 aliphatic heterocycles. The number of benzene rings is 1. The molecule has 8 nitrogen and oxygen atoms in total. The lowest BCUT2D eigenvalue weighted by Gasteiger charge is -2.23. The van der Waals surface area contributed by atoms with Crippen LogP contribution in [0.4, 0.5) is 5.00 Å². The Bertz CT molecular complexity index is 1200. The molecule has 176 valence electrons. The summed E-state index contributed by atoms with van der Waals surface area (Å²) in [5.74, 6) is -1.74. The Labute approximate surface area is 197 Å². The van der Waals surface area contributed by atoms with Crippen LogP contribution in [0.2, 0.25) is 0 Å². The molecular weight excluding hydrogens is 464 g/mol. The van der Waals surface area contributed by atoms with E-state index in [1.807, 2.05) is 6.92 Å². The number of anilines is 1. The molecule has 1 aliphatic carbocycles. The van der Waals surface area contributed by atoms with Crippen molar-refractivity contribution >= 4 is 44.1 Å². The fraction of sp³-hybridized carbons (Fsp3) is 0.435. The van der Waals surface area contributed by atoms with Gasteiger partial charge in [-0.1, -0.05) is 17.7 Å². The molecule has 0 radical (unpaired) electrons. The van der Waals surface area contributed by atoms with Gasteiger partial charge in [-0.2, -0.15) is 0 Å². The largest absolute Gasteiger partial charge is 0.462 e. The van der Waals surface area contributed by atoms with Crippen molar-refractivity contribution in [3.05, 3.63) is 45.8 Å². The summed E-state index contributed by atoms with van der Waals surface area (Å²) in [4.78, 5) is 39.4. The van der Waals surface area contributed by atoms with Crippen molar-refractivity contribution in [2.45, 2.75) is 63.3 Å². The van der Waals surface area contributed by atoms with Crippen molar-refractivity contribution in [2.24, 2.45) is 0 Å². The van der Waals surface area contributed by atoms with E-state index in [9.17, 15) is 22.8 Å². The maximum absolute atomic E-state index is 13.2. The van der Waals surface area contributed by atoms with Gasteiger partial charge in [-0.05, 0) is 63.6 Å². The van der Waals surface area contributed by atoms with Crippen LogP contribution in [0.3, 0.4) is 0 Å². The zero-order chi connectivity index (χ0) is 23.8. The number of nitrogens with one attached hydrogen (secondary N) is 1. The Hall–Kier alpha value is -2.72. The van der Waals surface area contributed by atoms with Crippen LogP contribution < -0.4 is 5.32 Å². The number of amides is 2. The Kier molecular flexibility index (Phi) is 6.58. The van der Waals surface area contributed by atoms with Gasteiger partial charge in [0.05, 0.1) is 17.1 Å². The monoisotopic (exact) mass is 490 g/mol. The molecule has 1 saturated heterocycles. The molecule has 1 atom stereocenters. The van der Waals surface area contributed by atoms with Crippen LogP contribution in [-0.4, -0.2) is 43.2 Å². The predicted molar refractivity (Wildman–Crippen MR) is 124 cm³/mol. The molecular formula is C23H26N2O6S2. The van der Waals surface area contributed by atoms with Crippen LogP contribution in [0.15, 0.2) is 29.2 Å². The van der Waals surface area contributed by atoms with E-state index in [2.05, 4.69) is 5.32 Å². The minimum Gasteiger partial charge on any atom is -0.462 e. The molecule has 4 rings (SSSR count). The third-order valence-corrected chi connectivity index (χ3v) is 8.98. The second-order valence-electron chi connectivity index (χ2n) is 8.19. The molecule has 2 aliphatic rings. The minimum absolute atomic E-state index is 0.0417. The first kappa shape index (κ1) is 23.4. The molecule has 2 heterocycles. The van der Waals surface area contributed by atoms with Crippen LogP contribution in [0.1, 0.15) is 59.0 Å². The Morgan fingerprint density at radius 2 is 1.85 bits per heavy atom. The number of nitrogens with zero attached hydrogens (tertiary/aromatic N) is 1. The first-order valence-corrected chi connectivity index (χ1v) is 13.3. The Balaban J connectivity index is 1.64. The van der Waals surface area contributed by atoms with Crippen LogP contribution in [-0.2, 0) is 37.2 Å². The van der Waals surface area contributed by atoms with Crippen molar-refractivity contribution in [3.63, 3.8) is 0 Å². The second-order valence-corrected chi connectivity index (χ2v) is 11.1. The van der Waals surface area contributed by atoms with E-state index in [0.717, 1.165) is 41.7 Å². The molecule has 1 N–H and O–H groups in total. The van der Waals surface area contributed by atoms with Crippen molar-refractivity contribution in [1.29, 1.82) is 0 Å². The number of carbonyl (C=O) groups is 3. The van der Waals surface area contributed by atoms with Gasteiger partial charge in [-0.25, -0.2) is 17.5 Å². The average Bonchev–Trinajstić information content (AvgIpc) is 3.34. The molecule has 0 bridgehead atoms. The number of sulfonamides is 1. The molecule has 1 aromatic heterocycles. The van der Waals surface area contributed by atoms with Crippen LogP contribution in [0, 0.1) is 6.92 Å². The normalized spacial score (nSPS) is 18.2. The van der Waals surface area contributed by atoms with Gasteiger partial charge in [0.25, 0.3) is 10.0 Å². The van der Waals surface area contributed by atoms with E-state index in [1.54, 1.807) is 19.1 Å². The summed E-state index contributed by atoms with van der Waals surface area (Å²) in [6, 6.07) is 4.96. The quantitative estimate of drug-likeness (QED) is 0.622. The van der Waals surface area contributed by atoms with E-state index in [0.29, 0.717) is 14.9 Å². The number of rotatable bonds is 6. The van der Waals surface area contributed by atoms with E-state index < -0.39 is 33.8 Å². The smallest absolute Gasteiger partial charge is 0.341 e. The molecule has 2 amide bonds. The molecule has 10 heteroatoms. The molecule has 2 aromatic rings. The highest BCUT2D eigenvalue weighted by molar-refractivity contribution is 7.89. The summed E-state index contributed by atoms with van der Waals surface area (Å²) >= 11 is 1.33. The van der Waals surface area contributed by atoms with E-state index in [1.165, 1.54) is 23.5 Å². The number of carbonyl (C=O) groups excluding carboxylic acids is 3. The fourth-order valence-corrected chi connectivity index (χ4v) is 7.18. The van der Waals surface area contributed by atoms with Gasteiger partial charge in [0, 0.05) is 11.3 Å². The lowest BCUT2D eigenvalue weighted by Crippen LogP contribution is -2.45. The standard InChI is InChI=1S/C23H26N2O6S2/c1-3-31-23(28)20-16-6-4-5-7-18(16)32-22(20)24-21(27)17-12-13-19(26)25(17)33(29,30)15-10-8-14(2)9-11-15/h8-11,17H,3-7,12-13H2,1-2H3,(H,24,27)/t17-/m1/s1. The lowest BCUT2D eigenvalue weighted by atomic mass is 9.95. The summed E-state index contributed by atoms with van der Waals surface area (Å²) in [5.41, 5.74) is 2.12. The lowest BCUT2D eigenvalue weighted by molar-refractivity contribution is -0.128. The van der Waals surface area contributed by atoms with Gasteiger partial charge < -0.3 is 10.1 Å². The molecule has 1 fully saturated rings. The highest BCUT2D eigenvalue weighted by atomic mass is 32.2. The van der Waals surface area contributed by atoms with E-state index >= 15 is 0 Å². The summed E-state index contributed by atoms with van der Waals surface area (Å²) in [6.07, 6.45) is 3.53. The molecule has 0 spiro atoms. The van der Waals surface area contributed by atoms with Crippen molar-refractivity contribution in [2.75, 3.05) is 11.9 Å². The maximum Gasteiger partial charge on any atom is 0.341 e. The number of fused-ring (bicyclic) bond motifs is 1. The summed E-state index contributed by atoms with van der Waals surface area (Å²) in [5, 5.41) is 3.11. The first-order valence-electron chi connectivity index (χ1n) is 11.0. The topological polar surface area (TPSA) is 110 Å². The van der Waals surface area contributed by atoms with Gasteiger partial charge in [-0.3, -0.25) is 9.59 Å². The number of hydrogen-bond donors (Lipinski definition) is 1. The third kappa shape index (κ3) is 4.41. The predicted octanol–water partition coefficient (Wildman–Crippen LogP) is 3.43. The van der Waals surface area contributed by atoms with Gasteiger partial charge in [0.2, 0.25) is 11.8 Å². The van der Waals surface area contributed by atoms with Crippen LogP contribution in [0.5, 0.6) is 0 Å². The number of hydrogen-bond acceptors (Lipinski definition) is 7. The number of esters is 1. The van der Waals surface area contributed by atoms with Crippen molar-refractivity contribution < 1.29 is 27.5 Å². The molecule has 0 saturated carbocycles. The zero-order valence-electron chi connectivity index (χ0n) is 18.5. The molecule has 33 heavy (non-hydrogen) atoms. The molecule has 0 unspecified atom stereocenters. The maximum atomic E-state index is 13.2. The number of ether oxygens (including phenoxy) is 1. The number of aryl methyl sites for hydroxylation is 2. The second kappa shape index (κ2) is 9.26. The third-order valence-electron chi connectivity index (χ3n) is 5.93. The Morgan fingerprint density at radius 3 is 2.55 bits per heavy atom. The van der Waals surface area contributed by atoms with E-state index in [-0.39, 0.29) is 24.3 Å². The van der Waals surface area contributed by atoms with Gasteiger partial charge in [-0.15, -0.1) is 11.3 Å².